The predicted octanol–water partition coefficient (Wildman–Crippen LogP) is 2.01. The van der Waals surface area contributed by atoms with Gasteiger partial charge in [0.05, 0.1) is 29.0 Å². The summed E-state index contributed by atoms with van der Waals surface area (Å²) in [5, 5.41) is 0. The zero-order valence-corrected chi connectivity index (χ0v) is 13.5. The van der Waals surface area contributed by atoms with Gasteiger partial charge in [-0.25, -0.2) is 0 Å². The molecular weight excluding hydrogens is 366 g/mol. The van der Waals surface area contributed by atoms with Crippen molar-refractivity contribution in [2.45, 2.75) is 29.7 Å². The highest BCUT2D eigenvalue weighted by Gasteiger charge is 2.60. The summed E-state index contributed by atoms with van der Waals surface area (Å²) in [5.74, 6) is -2.48. The molecule has 4 nitrogen and oxygen atoms in total. The van der Waals surface area contributed by atoms with Crippen LogP contribution in [0.5, 0.6) is 0 Å². The third kappa shape index (κ3) is 5.48. The van der Waals surface area contributed by atoms with Crippen LogP contribution in [-0.2, 0) is 31.2 Å². The Kier molecular flexibility index (Phi) is 5.62. The number of rotatable bonds is 4. The fourth-order valence-electron chi connectivity index (χ4n) is 1.71. The Morgan fingerprint density at radius 1 is 1.00 bits per heavy atom. The summed E-state index contributed by atoms with van der Waals surface area (Å²) >= 11 is -6.85. The first kappa shape index (κ1) is 19.4. The number of hydrogen-bond donors (Lipinski definition) is 0. The first-order chi connectivity index (χ1) is 9.17. The molecule has 0 radical (unpaired) electrons. The van der Waals surface area contributed by atoms with Crippen LogP contribution in [-0.4, -0.2) is 52.4 Å². The van der Waals surface area contributed by atoms with Gasteiger partial charge in [0.2, 0.25) is 0 Å². The summed E-state index contributed by atoms with van der Waals surface area (Å²) < 4.78 is 107. The van der Waals surface area contributed by atoms with Crippen molar-refractivity contribution in [3.63, 3.8) is 0 Å². The van der Waals surface area contributed by atoms with E-state index in [1.807, 2.05) is 0 Å². The van der Waals surface area contributed by atoms with E-state index in [4.69, 9.17) is 8.85 Å². The topological polar surface area (TPSA) is 64.6 Å². The first-order valence-corrected chi connectivity index (χ1v) is 10.9. The maximum atomic E-state index is 12.4. The summed E-state index contributed by atoms with van der Waals surface area (Å²) in [6, 6.07) is 0. The fraction of sp³-hybridized carbons (Fsp3) is 1.00. The average Bonchev–Trinajstić information content (AvgIpc) is 2.51. The quantitative estimate of drug-likeness (QED) is 0.427. The standard InChI is InChI=1S/C8H12F6O4S2Si/c1-21(2)17-3-6(18-21,4-19(15)7(9,10)11)5-20(16)8(12,13)14/h3-5H2,1-2H3. The molecule has 1 aliphatic heterocycles. The molecule has 0 spiro atoms. The lowest BCUT2D eigenvalue weighted by atomic mass is 10.1. The number of halogens is 6. The van der Waals surface area contributed by atoms with E-state index in [2.05, 4.69) is 0 Å². The Morgan fingerprint density at radius 3 is 1.62 bits per heavy atom. The lowest BCUT2D eigenvalue weighted by Gasteiger charge is -2.30. The van der Waals surface area contributed by atoms with Crippen LogP contribution in [0.4, 0.5) is 26.3 Å². The van der Waals surface area contributed by atoms with E-state index in [0.29, 0.717) is 0 Å². The van der Waals surface area contributed by atoms with Gasteiger partial charge in [0, 0.05) is 0 Å². The van der Waals surface area contributed by atoms with Crippen molar-refractivity contribution in [1.29, 1.82) is 0 Å². The van der Waals surface area contributed by atoms with E-state index in [9.17, 15) is 35.4 Å². The number of alkyl halides is 6. The predicted molar refractivity (Wildman–Crippen MR) is 65.4 cm³/mol. The van der Waals surface area contributed by atoms with Crippen molar-refractivity contribution in [3.05, 3.63) is 0 Å². The van der Waals surface area contributed by atoms with Gasteiger partial charge in [-0.3, -0.25) is 0 Å². The molecule has 2 unspecified atom stereocenters. The molecule has 126 valence electrons. The van der Waals surface area contributed by atoms with Crippen molar-refractivity contribution in [3.8, 4) is 0 Å². The van der Waals surface area contributed by atoms with Crippen LogP contribution in [0.25, 0.3) is 0 Å². The van der Waals surface area contributed by atoms with E-state index < -0.39 is 65.6 Å². The molecule has 2 atom stereocenters. The fourth-order valence-corrected chi connectivity index (χ4v) is 5.74. The van der Waals surface area contributed by atoms with Gasteiger partial charge in [0.25, 0.3) is 0 Å². The maximum Gasteiger partial charge on any atom is 0.572 e. The lowest BCUT2D eigenvalue weighted by molar-refractivity contribution is -0.0464. The first-order valence-electron chi connectivity index (χ1n) is 5.41. The van der Waals surface area contributed by atoms with Gasteiger partial charge < -0.3 is 18.0 Å². The molecule has 1 fully saturated rings. The summed E-state index contributed by atoms with van der Waals surface area (Å²) in [5.41, 5.74) is -12.3. The van der Waals surface area contributed by atoms with Crippen LogP contribution in [0.1, 0.15) is 0 Å². The Hall–Kier alpha value is 0.337. The minimum atomic E-state index is -5.09. The van der Waals surface area contributed by atoms with E-state index >= 15 is 0 Å². The molecule has 0 aromatic carbocycles. The Balaban J connectivity index is 2.93. The van der Waals surface area contributed by atoms with Crippen LogP contribution >= 0.6 is 0 Å². The van der Waals surface area contributed by atoms with Crippen LogP contribution in [0.2, 0.25) is 13.1 Å². The van der Waals surface area contributed by atoms with Crippen LogP contribution < -0.4 is 0 Å². The molecule has 1 aliphatic rings. The molecule has 0 aromatic heterocycles. The molecular formula is C8H12F6O4S2Si. The highest BCUT2D eigenvalue weighted by atomic mass is 32.2. The molecule has 0 amide bonds. The van der Waals surface area contributed by atoms with Crippen molar-refractivity contribution in [2.75, 3.05) is 18.1 Å². The van der Waals surface area contributed by atoms with E-state index in [1.165, 1.54) is 13.1 Å². The van der Waals surface area contributed by atoms with E-state index in [0.717, 1.165) is 0 Å². The van der Waals surface area contributed by atoms with E-state index in [1.54, 1.807) is 0 Å². The zero-order chi connectivity index (χ0) is 16.7. The third-order valence-electron chi connectivity index (χ3n) is 2.45. The van der Waals surface area contributed by atoms with Gasteiger partial charge in [0.1, 0.15) is 11.5 Å². The van der Waals surface area contributed by atoms with Crippen LogP contribution in [0.3, 0.4) is 0 Å². The molecule has 0 bridgehead atoms. The van der Waals surface area contributed by atoms with Crippen molar-refractivity contribution >= 4 is 30.9 Å². The molecule has 21 heavy (non-hydrogen) atoms. The molecule has 1 saturated heterocycles. The summed E-state index contributed by atoms with van der Waals surface area (Å²) in [6.07, 6.45) is 0. The summed E-state index contributed by atoms with van der Waals surface area (Å²) in [6.45, 7) is 2.24. The van der Waals surface area contributed by atoms with E-state index in [-0.39, 0.29) is 0 Å². The van der Waals surface area contributed by atoms with Gasteiger partial charge in [-0.1, -0.05) is 0 Å². The van der Waals surface area contributed by atoms with Crippen LogP contribution in [0, 0.1) is 0 Å². The van der Waals surface area contributed by atoms with Gasteiger partial charge in [-0.05, 0) is 13.1 Å². The molecule has 1 heterocycles. The Bertz CT molecular complexity index is 355. The lowest BCUT2D eigenvalue weighted by Crippen LogP contribution is -2.52. The number of hydrogen-bond acceptors (Lipinski definition) is 4. The second-order valence-electron chi connectivity index (χ2n) is 4.84. The molecule has 13 heteroatoms. The average molecular weight is 378 g/mol. The largest absolute Gasteiger partial charge is 0.609 e. The molecule has 0 N–H and O–H groups in total. The molecule has 1 rings (SSSR count). The van der Waals surface area contributed by atoms with Gasteiger partial charge in [0.15, 0.2) is 5.60 Å². The second kappa shape index (κ2) is 6.09. The van der Waals surface area contributed by atoms with Gasteiger partial charge >= 0.3 is 19.6 Å². The van der Waals surface area contributed by atoms with Crippen molar-refractivity contribution in [2.24, 2.45) is 0 Å². The van der Waals surface area contributed by atoms with Gasteiger partial charge in [-0.15, -0.1) is 26.3 Å². The second-order valence-corrected chi connectivity index (χ2v) is 11.0. The monoisotopic (exact) mass is 378 g/mol. The normalized spacial score (nSPS) is 29.4. The van der Waals surface area contributed by atoms with Crippen LogP contribution in [0.15, 0.2) is 0 Å². The molecule has 0 saturated carbocycles. The minimum Gasteiger partial charge on any atom is -0.609 e. The highest BCUT2D eigenvalue weighted by molar-refractivity contribution is 7.93. The third-order valence-corrected chi connectivity index (χ3v) is 6.82. The van der Waals surface area contributed by atoms with Crippen molar-refractivity contribution < 1.29 is 44.3 Å². The summed E-state index contributed by atoms with van der Waals surface area (Å²) in [4.78, 5) is 0. The molecule has 0 aromatic rings. The zero-order valence-electron chi connectivity index (χ0n) is 10.8. The molecule has 0 aliphatic carbocycles. The smallest absolute Gasteiger partial charge is 0.572 e. The minimum absolute atomic E-state index is 0.601. The highest BCUT2D eigenvalue weighted by Crippen LogP contribution is 2.37. The SMILES string of the molecule is C[Si]1(C)OCC(C[S+]([O-])C(F)(F)F)(C[S+]([O-])C(F)(F)F)O1. The summed E-state index contributed by atoms with van der Waals surface area (Å²) in [7, 11) is -2.93. The maximum absolute atomic E-state index is 12.4. The van der Waals surface area contributed by atoms with Gasteiger partial charge in [-0.2, -0.15) is 0 Å². The Labute approximate surface area is 123 Å². The van der Waals surface area contributed by atoms with Crippen molar-refractivity contribution in [1.82, 2.24) is 0 Å². The Morgan fingerprint density at radius 2 is 1.38 bits per heavy atom.